The second kappa shape index (κ2) is 11.1. The number of nitrogens with one attached hydrogen (secondary N) is 2. The summed E-state index contributed by atoms with van der Waals surface area (Å²) in [4.78, 5) is 23.3. The number of anilines is 2. The topological polar surface area (TPSA) is 96.2 Å². The van der Waals surface area contributed by atoms with E-state index in [1.165, 1.54) is 0 Å². The van der Waals surface area contributed by atoms with Crippen molar-refractivity contribution in [3.63, 3.8) is 0 Å². The third-order valence-corrected chi connectivity index (χ3v) is 6.24. The lowest BCUT2D eigenvalue weighted by atomic mass is 9.82. The van der Waals surface area contributed by atoms with E-state index in [-0.39, 0.29) is 11.8 Å². The molecule has 0 spiro atoms. The first-order valence-electron chi connectivity index (χ1n) is 11.4. The molecule has 1 saturated carbocycles. The summed E-state index contributed by atoms with van der Waals surface area (Å²) >= 11 is 0. The van der Waals surface area contributed by atoms with Gasteiger partial charge in [0.05, 0.1) is 5.52 Å². The van der Waals surface area contributed by atoms with E-state index in [1.807, 2.05) is 18.2 Å². The predicted octanol–water partition coefficient (Wildman–Crippen LogP) is 3.48. The number of rotatable bonds is 11. The third kappa shape index (κ3) is 6.05. The molecule has 0 bridgehead atoms. The Balaban J connectivity index is 1.59. The molecule has 30 heavy (non-hydrogen) atoms. The van der Waals surface area contributed by atoms with Gasteiger partial charge in [0.1, 0.15) is 5.82 Å². The van der Waals surface area contributed by atoms with Gasteiger partial charge in [0, 0.05) is 24.4 Å². The quantitative estimate of drug-likeness (QED) is 0.489. The van der Waals surface area contributed by atoms with Gasteiger partial charge in [-0.15, -0.1) is 0 Å². The molecule has 0 unspecified atom stereocenters. The average Bonchev–Trinajstić information content (AvgIpc) is 2.78. The van der Waals surface area contributed by atoms with Gasteiger partial charge in [0.25, 0.3) is 0 Å². The van der Waals surface area contributed by atoms with Gasteiger partial charge in [-0.05, 0) is 69.8 Å². The highest BCUT2D eigenvalue weighted by Crippen LogP contribution is 2.29. The number of hydrogen-bond acceptors (Lipinski definition) is 6. The van der Waals surface area contributed by atoms with Gasteiger partial charge in [0.2, 0.25) is 11.9 Å². The van der Waals surface area contributed by atoms with Gasteiger partial charge in [-0.25, -0.2) is 4.98 Å². The van der Waals surface area contributed by atoms with Crippen molar-refractivity contribution in [1.82, 2.24) is 14.9 Å². The average molecular weight is 413 g/mol. The van der Waals surface area contributed by atoms with Gasteiger partial charge in [-0.3, -0.25) is 4.79 Å². The number of nitrogens with two attached hydrogens (primary N) is 1. The van der Waals surface area contributed by atoms with Crippen LogP contribution >= 0.6 is 0 Å². The molecule has 7 nitrogen and oxygen atoms in total. The molecule has 1 amide bonds. The van der Waals surface area contributed by atoms with Crippen LogP contribution in [0.15, 0.2) is 24.3 Å². The summed E-state index contributed by atoms with van der Waals surface area (Å²) in [7, 11) is 0. The minimum Gasteiger partial charge on any atom is -0.369 e. The summed E-state index contributed by atoms with van der Waals surface area (Å²) in [6.07, 6.45) is 4.89. The Morgan fingerprint density at radius 1 is 1.10 bits per heavy atom. The summed E-state index contributed by atoms with van der Waals surface area (Å²) < 4.78 is 0. The minimum atomic E-state index is -0.156. The number of hydrogen-bond donors (Lipinski definition) is 3. The highest BCUT2D eigenvalue weighted by Gasteiger charge is 2.24. The van der Waals surface area contributed by atoms with E-state index in [1.54, 1.807) is 0 Å². The van der Waals surface area contributed by atoms with Gasteiger partial charge in [-0.2, -0.15) is 4.98 Å². The van der Waals surface area contributed by atoms with Crippen molar-refractivity contribution in [3.8, 4) is 0 Å². The fourth-order valence-corrected chi connectivity index (χ4v) is 4.23. The molecule has 1 aromatic carbocycles. The molecule has 0 saturated heterocycles. The van der Waals surface area contributed by atoms with Crippen molar-refractivity contribution in [2.75, 3.05) is 43.4 Å². The lowest BCUT2D eigenvalue weighted by molar-refractivity contribution is -0.122. The smallest absolute Gasteiger partial charge is 0.225 e. The summed E-state index contributed by atoms with van der Waals surface area (Å²) in [5, 5.41) is 8.00. The van der Waals surface area contributed by atoms with E-state index in [2.05, 4.69) is 35.4 Å². The number of aromatic nitrogens is 2. The number of amides is 1. The van der Waals surface area contributed by atoms with Crippen LogP contribution in [-0.4, -0.2) is 53.5 Å². The van der Waals surface area contributed by atoms with E-state index in [0.29, 0.717) is 11.9 Å². The fraction of sp³-hybridized carbons (Fsp3) is 0.609. The van der Waals surface area contributed by atoms with Crippen LogP contribution in [0.3, 0.4) is 0 Å². The second-order valence-corrected chi connectivity index (χ2v) is 8.22. The first-order valence-corrected chi connectivity index (χ1v) is 11.4. The monoisotopic (exact) mass is 412 g/mol. The maximum atomic E-state index is 11.4. The van der Waals surface area contributed by atoms with Crippen LogP contribution in [0.4, 0.5) is 11.8 Å². The molecule has 1 aromatic heterocycles. The van der Waals surface area contributed by atoms with Crippen LogP contribution < -0.4 is 16.4 Å². The predicted molar refractivity (Wildman–Crippen MR) is 124 cm³/mol. The van der Waals surface area contributed by atoms with Crippen molar-refractivity contribution < 1.29 is 4.79 Å². The molecular formula is C23H36N6O. The molecule has 0 atom stereocenters. The molecule has 1 fully saturated rings. The van der Waals surface area contributed by atoms with E-state index < -0.39 is 0 Å². The molecule has 7 heteroatoms. The van der Waals surface area contributed by atoms with Crippen LogP contribution in [0.1, 0.15) is 46.0 Å². The Hall–Kier alpha value is -2.41. The van der Waals surface area contributed by atoms with Gasteiger partial charge >= 0.3 is 0 Å². The number of nitrogens with zero attached hydrogens (tertiary/aromatic N) is 3. The molecular weight excluding hydrogens is 376 g/mol. The fourth-order valence-electron chi connectivity index (χ4n) is 4.23. The molecule has 2 aromatic rings. The minimum absolute atomic E-state index is 0.0466. The second-order valence-electron chi connectivity index (χ2n) is 8.22. The number of benzene rings is 1. The maximum Gasteiger partial charge on any atom is 0.225 e. The lowest BCUT2D eigenvalue weighted by Crippen LogP contribution is -2.29. The first-order chi connectivity index (χ1) is 14.6. The van der Waals surface area contributed by atoms with Crippen LogP contribution in [0.2, 0.25) is 0 Å². The SMILES string of the molecule is CCN(CC)CCCNc1nc(NCC2CCC(C(N)=O)CC2)nc2ccccc12. The molecule has 164 valence electrons. The number of primary amides is 1. The first kappa shape index (κ1) is 22.3. The van der Waals surface area contributed by atoms with Crippen molar-refractivity contribution in [3.05, 3.63) is 24.3 Å². The molecule has 1 heterocycles. The van der Waals surface area contributed by atoms with Gasteiger partial charge in [-0.1, -0.05) is 26.0 Å². The summed E-state index contributed by atoms with van der Waals surface area (Å²) in [5.41, 5.74) is 6.39. The van der Waals surface area contributed by atoms with Gasteiger partial charge < -0.3 is 21.3 Å². The van der Waals surface area contributed by atoms with Crippen LogP contribution in [0.5, 0.6) is 0 Å². The highest BCUT2D eigenvalue weighted by molar-refractivity contribution is 5.90. The standard InChI is InChI=1S/C23H36N6O/c1-3-29(4-2)15-7-14-25-22-19-8-5-6-9-20(19)27-23(28-22)26-16-17-10-12-18(13-11-17)21(24)30/h5-6,8-9,17-18H,3-4,7,10-16H2,1-2H3,(H2,24,30)(H2,25,26,27,28). The highest BCUT2D eigenvalue weighted by atomic mass is 16.1. The van der Waals surface area contributed by atoms with Crippen molar-refractivity contribution in [2.24, 2.45) is 17.6 Å². The maximum absolute atomic E-state index is 11.4. The molecule has 3 rings (SSSR count). The van der Waals surface area contributed by atoms with E-state index in [9.17, 15) is 4.79 Å². The zero-order valence-electron chi connectivity index (χ0n) is 18.4. The van der Waals surface area contributed by atoms with Crippen LogP contribution in [-0.2, 0) is 4.79 Å². The Kier molecular flexibility index (Phi) is 8.25. The third-order valence-electron chi connectivity index (χ3n) is 6.24. The Morgan fingerprint density at radius 3 is 2.53 bits per heavy atom. The molecule has 1 aliphatic rings. The number of carbonyl (C=O) groups is 1. The van der Waals surface area contributed by atoms with E-state index >= 15 is 0 Å². The largest absolute Gasteiger partial charge is 0.369 e. The molecule has 0 aliphatic heterocycles. The van der Waals surface area contributed by atoms with Crippen molar-refractivity contribution >= 4 is 28.6 Å². The summed E-state index contributed by atoms with van der Waals surface area (Å²) in [6.45, 7) is 9.37. The van der Waals surface area contributed by atoms with Crippen LogP contribution in [0.25, 0.3) is 10.9 Å². The van der Waals surface area contributed by atoms with Crippen molar-refractivity contribution in [1.29, 1.82) is 0 Å². The number of carbonyl (C=O) groups excluding carboxylic acids is 1. The lowest BCUT2D eigenvalue weighted by Gasteiger charge is -2.26. The molecule has 1 aliphatic carbocycles. The Bertz CT molecular complexity index is 814. The van der Waals surface area contributed by atoms with Crippen LogP contribution in [0, 0.1) is 11.8 Å². The summed E-state index contributed by atoms with van der Waals surface area (Å²) in [5.74, 6) is 1.97. The zero-order chi connectivity index (χ0) is 21.3. The Morgan fingerprint density at radius 2 is 1.83 bits per heavy atom. The van der Waals surface area contributed by atoms with Crippen molar-refractivity contribution in [2.45, 2.75) is 46.0 Å². The summed E-state index contributed by atoms with van der Waals surface area (Å²) in [6, 6.07) is 8.13. The Labute approximate surface area is 179 Å². The van der Waals surface area contributed by atoms with E-state index in [0.717, 1.165) is 81.5 Å². The number of para-hydroxylation sites is 1. The normalized spacial score (nSPS) is 19.2. The van der Waals surface area contributed by atoms with E-state index in [4.69, 9.17) is 15.7 Å². The van der Waals surface area contributed by atoms with Gasteiger partial charge in [0.15, 0.2) is 0 Å². The molecule has 4 N–H and O–H groups in total. The molecule has 0 radical (unpaired) electrons. The zero-order valence-corrected chi connectivity index (χ0v) is 18.4. The number of fused-ring (bicyclic) bond motifs is 1.